The van der Waals surface area contributed by atoms with E-state index in [2.05, 4.69) is 15.1 Å². The first-order chi connectivity index (χ1) is 11.6. The third-order valence-corrected chi connectivity index (χ3v) is 3.98. The fourth-order valence-electron chi connectivity index (χ4n) is 2.54. The molecule has 0 spiro atoms. The number of aromatic nitrogens is 3. The maximum absolute atomic E-state index is 14.0. The Balaban J connectivity index is 1.71. The van der Waals surface area contributed by atoms with E-state index in [-0.39, 0.29) is 23.1 Å². The quantitative estimate of drug-likeness (QED) is 0.801. The molecule has 0 saturated carbocycles. The zero-order chi connectivity index (χ0) is 16.7. The van der Waals surface area contributed by atoms with Crippen LogP contribution in [0.25, 0.3) is 22.6 Å². The third-order valence-electron chi connectivity index (χ3n) is 3.98. The van der Waals surface area contributed by atoms with E-state index < -0.39 is 11.6 Å². The Labute approximate surface area is 135 Å². The first-order valence-corrected chi connectivity index (χ1v) is 7.39. The van der Waals surface area contributed by atoms with Gasteiger partial charge in [0.15, 0.2) is 23.2 Å². The predicted octanol–water partition coefficient (Wildman–Crippen LogP) is 2.86. The molecule has 1 saturated heterocycles. The summed E-state index contributed by atoms with van der Waals surface area (Å²) in [5.74, 6) is -1.93. The average Bonchev–Trinajstić information content (AvgIpc) is 3.16. The monoisotopic (exact) mass is 330 g/mol. The lowest BCUT2D eigenvalue weighted by molar-refractivity contribution is 0.0640. The molecule has 4 rings (SSSR count). The van der Waals surface area contributed by atoms with E-state index in [4.69, 9.17) is 4.52 Å². The SMILES string of the molecule is O=C(c1ncc(-c2cnoc2-c2cccc(F)c2F)[nH]1)N1CCC1. The normalized spacial score (nSPS) is 13.8. The fraction of sp³-hybridized carbons (Fsp3) is 0.188. The van der Waals surface area contributed by atoms with E-state index in [0.29, 0.717) is 24.3 Å². The zero-order valence-electron chi connectivity index (χ0n) is 12.4. The highest BCUT2D eigenvalue weighted by atomic mass is 19.2. The highest BCUT2D eigenvalue weighted by Crippen LogP contribution is 2.33. The van der Waals surface area contributed by atoms with Gasteiger partial charge in [-0.2, -0.15) is 0 Å². The summed E-state index contributed by atoms with van der Waals surface area (Å²) in [6.07, 6.45) is 3.79. The van der Waals surface area contributed by atoms with Crippen LogP contribution in [0.4, 0.5) is 8.78 Å². The average molecular weight is 330 g/mol. The molecule has 0 bridgehead atoms. The molecule has 0 aliphatic carbocycles. The summed E-state index contributed by atoms with van der Waals surface area (Å²) in [7, 11) is 0. The van der Waals surface area contributed by atoms with E-state index in [0.717, 1.165) is 12.5 Å². The highest BCUT2D eigenvalue weighted by Gasteiger charge is 2.25. The number of H-pyrrole nitrogens is 1. The number of carbonyl (C=O) groups is 1. The van der Waals surface area contributed by atoms with Crippen molar-refractivity contribution in [3.63, 3.8) is 0 Å². The molecule has 0 unspecified atom stereocenters. The van der Waals surface area contributed by atoms with Crippen LogP contribution in [0.2, 0.25) is 0 Å². The molecular formula is C16H12F2N4O2. The van der Waals surface area contributed by atoms with Crippen molar-refractivity contribution in [1.82, 2.24) is 20.0 Å². The van der Waals surface area contributed by atoms with Crippen LogP contribution in [0.3, 0.4) is 0 Å². The maximum atomic E-state index is 14.0. The van der Waals surface area contributed by atoms with Crippen LogP contribution in [0.15, 0.2) is 35.1 Å². The van der Waals surface area contributed by atoms with Gasteiger partial charge in [-0.1, -0.05) is 11.2 Å². The van der Waals surface area contributed by atoms with E-state index in [1.807, 2.05) is 0 Å². The van der Waals surface area contributed by atoms with Crippen LogP contribution in [-0.2, 0) is 0 Å². The van der Waals surface area contributed by atoms with E-state index in [9.17, 15) is 13.6 Å². The molecule has 24 heavy (non-hydrogen) atoms. The topological polar surface area (TPSA) is 75.0 Å². The number of nitrogens with one attached hydrogen (secondary N) is 1. The molecule has 1 amide bonds. The van der Waals surface area contributed by atoms with Crippen molar-refractivity contribution in [2.45, 2.75) is 6.42 Å². The van der Waals surface area contributed by atoms with E-state index in [1.165, 1.54) is 24.5 Å². The molecule has 2 aromatic heterocycles. The van der Waals surface area contributed by atoms with Crippen LogP contribution in [0.1, 0.15) is 17.0 Å². The number of hydrogen-bond donors (Lipinski definition) is 1. The molecule has 1 N–H and O–H groups in total. The standard InChI is InChI=1S/C16H12F2N4O2/c17-11-4-1-3-9(13(11)18)14-10(7-20-24-14)12-8-19-15(21-12)16(23)22-5-2-6-22/h1,3-4,7-8H,2,5-6H2,(H,19,21). The molecule has 0 atom stereocenters. The van der Waals surface area contributed by atoms with Crippen molar-refractivity contribution in [3.8, 4) is 22.6 Å². The van der Waals surface area contributed by atoms with Gasteiger partial charge in [-0.3, -0.25) is 4.79 Å². The van der Waals surface area contributed by atoms with Gasteiger partial charge in [-0.05, 0) is 18.6 Å². The molecule has 0 radical (unpaired) electrons. The van der Waals surface area contributed by atoms with Crippen LogP contribution in [-0.4, -0.2) is 39.0 Å². The number of nitrogens with zero attached hydrogens (tertiary/aromatic N) is 3. The number of benzene rings is 1. The van der Waals surface area contributed by atoms with Gasteiger partial charge in [-0.25, -0.2) is 13.8 Å². The van der Waals surface area contributed by atoms with Gasteiger partial charge >= 0.3 is 0 Å². The third kappa shape index (κ3) is 2.27. The lowest BCUT2D eigenvalue weighted by Gasteiger charge is -2.29. The van der Waals surface area contributed by atoms with Gasteiger partial charge in [0, 0.05) is 13.1 Å². The minimum atomic E-state index is -1.02. The molecule has 1 aliphatic rings. The molecule has 8 heteroatoms. The number of halogens is 2. The predicted molar refractivity (Wildman–Crippen MR) is 80.0 cm³/mol. The summed E-state index contributed by atoms with van der Waals surface area (Å²) in [4.78, 5) is 20.8. The van der Waals surface area contributed by atoms with Crippen molar-refractivity contribution >= 4 is 5.91 Å². The summed E-state index contributed by atoms with van der Waals surface area (Å²) in [5.41, 5.74) is 0.793. The van der Waals surface area contributed by atoms with Crippen molar-refractivity contribution in [3.05, 3.63) is 48.1 Å². The van der Waals surface area contributed by atoms with Crippen molar-refractivity contribution in [1.29, 1.82) is 0 Å². The second-order valence-electron chi connectivity index (χ2n) is 5.46. The summed E-state index contributed by atoms with van der Waals surface area (Å²) in [5, 5.41) is 3.65. The Morgan fingerprint density at radius 1 is 1.21 bits per heavy atom. The van der Waals surface area contributed by atoms with E-state index >= 15 is 0 Å². The maximum Gasteiger partial charge on any atom is 0.289 e. The van der Waals surface area contributed by atoms with Crippen molar-refractivity contribution in [2.75, 3.05) is 13.1 Å². The molecule has 1 aromatic carbocycles. The van der Waals surface area contributed by atoms with Gasteiger partial charge in [-0.15, -0.1) is 0 Å². The number of carbonyl (C=O) groups excluding carboxylic acids is 1. The largest absolute Gasteiger partial charge is 0.355 e. The Hall–Kier alpha value is -3.03. The number of imidazole rings is 1. The van der Waals surface area contributed by atoms with Crippen LogP contribution < -0.4 is 0 Å². The Bertz CT molecular complexity index is 914. The lowest BCUT2D eigenvalue weighted by atomic mass is 10.1. The summed E-state index contributed by atoms with van der Waals surface area (Å²) < 4.78 is 32.5. The minimum absolute atomic E-state index is 0.0484. The molecule has 1 fully saturated rings. The molecule has 6 nitrogen and oxygen atoms in total. The Kier molecular flexibility index (Phi) is 3.37. The Morgan fingerprint density at radius 2 is 2.04 bits per heavy atom. The van der Waals surface area contributed by atoms with Gasteiger partial charge in [0.05, 0.1) is 29.2 Å². The number of rotatable bonds is 3. The summed E-state index contributed by atoms with van der Waals surface area (Å²) in [6, 6.07) is 3.80. The molecular weight excluding hydrogens is 318 g/mol. The van der Waals surface area contributed by atoms with Crippen LogP contribution in [0.5, 0.6) is 0 Å². The van der Waals surface area contributed by atoms with Gasteiger partial charge in [0.1, 0.15) is 0 Å². The zero-order valence-corrected chi connectivity index (χ0v) is 12.4. The van der Waals surface area contributed by atoms with Crippen molar-refractivity contribution in [2.24, 2.45) is 0 Å². The fourth-order valence-corrected chi connectivity index (χ4v) is 2.54. The smallest absolute Gasteiger partial charge is 0.289 e. The lowest BCUT2D eigenvalue weighted by Crippen LogP contribution is -2.42. The number of hydrogen-bond acceptors (Lipinski definition) is 4. The number of likely N-dealkylation sites (tertiary alicyclic amines) is 1. The van der Waals surface area contributed by atoms with Gasteiger partial charge in [0.2, 0.25) is 0 Å². The number of amides is 1. The number of aromatic amines is 1. The molecule has 1 aliphatic heterocycles. The van der Waals surface area contributed by atoms with Crippen molar-refractivity contribution < 1.29 is 18.1 Å². The molecule has 3 heterocycles. The van der Waals surface area contributed by atoms with Gasteiger partial charge in [0.25, 0.3) is 5.91 Å². The second-order valence-corrected chi connectivity index (χ2v) is 5.46. The Morgan fingerprint density at radius 3 is 2.79 bits per heavy atom. The summed E-state index contributed by atoms with van der Waals surface area (Å²) >= 11 is 0. The first kappa shape index (κ1) is 14.6. The second kappa shape index (κ2) is 5.55. The summed E-state index contributed by atoms with van der Waals surface area (Å²) in [6.45, 7) is 1.42. The van der Waals surface area contributed by atoms with Crippen LogP contribution >= 0.6 is 0 Å². The highest BCUT2D eigenvalue weighted by molar-refractivity contribution is 5.92. The first-order valence-electron chi connectivity index (χ1n) is 7.39. The molecule has 122 valence electrons. The van der Waals surface area contributed by atoms with Crippen LogP contribution in [0, 0.1) is 11.6 Å². The minimum Gasteiger partial charge on any atom is -0.355 e. The molecule has 3 aromatic rings. The van der Waals surface area contributed by atoms with Gasteiger partial charge < -0.3 is 14.4 Å². The van der Waals surface area contributed by atoms with E-state index in [1.54, 1.807) is 4.90 Å².